The summed E-state index contributed by atoms with van der Waals surface area (Å²) < 4.78 is 13.8. The van der Waals surface area contributed by atoms with Gasteiger partial charge in [0.15, 0.2) is 0 Å². The first kappa shape index (κ1) is 12.1. The zero-order valence-electron chi connectivity index (χ0n) is 10.5. The molecule has 0 spiro atoms. The number of carbonyl (C=O) groups excluding carboxylic acids is 1. The van der Waals surface area contributed by atoms with Crippen LogP contribution in [0.5, 0.6) is 0 Å². The Kier molecular flexibility index (Phi) is 3.18. The quantitative estimate of drug-likeness (QED) is 0.788. The maximum absolute atomic E-state index is 13.8. The molecule has 0 aromatic heterocycles. The molecule has 3 heteroatoms. The highest BCUT2D eigenvalue weighted by atomic mass is 19.1. The monoisotopic (exact) mass is 235 g/mol. The van der Waals surface area contributed by atoms with Gasteiger partial charge in [-0.1, -0.05) is 12.1 Å². The van der Waals surface area contributed by atoms with Crippen molar-refractivity contribution >= 4 is 5.91 Å². The summed E-state index contributed by atoms with van der Waals surface area (Å²) in [6.45, 7) is 3.71. The van der Waals surface area contributed by atoms with Crippen molar-refractivity contribution in [3.05, 3.63) is 35.1 Å². The van der Waals surface area contributed by atoms with Crippen LogP contribution in [0.3, 0.4) is 0 Å². The maximum Gasteiger partial charge on any atom is 0.256 e. The van der Waals surface area contributed by atoms with Gasteiger partial charge in [0.1, 0.15) is 5.82 Å². The summed E-state index contributed by atoms with van der Waals surface area (Å²) in [6.07, 6.45) is 2.35. The first-order chi connectivity index (χ1) is 8.02. The van der Waals surface area contributed by atoms with Crippen LogP contribution in [0.1, 0.15) is 35.7 Å². The molecule has 17 heavy (non-hydrogen) atoms. The zero-order valence-corrected chi connectivity index (χ0v) is 10.5. The van der Waals surface area contributed by atoms with Gasteiger partial charge in [0.25, 0.3) is 5.91 Å². The minimum atomic E-state index is -0.396. The smallest absolute Gasteiger partial charge is 0.256 e. The van der Waals surface area contributed by atoms with Crippen LogP contribution < -0.4 is 0 Å². The summed E-state index contributed by atoms with van der Waals surface area (Å²) in [5.74, 6) is -0.0187. The number of amides is 1. The van der Waals surface area contributed by atoms with Crippen molar-refractivity contribution in [3.8, 4) is 0 Å². The van der Waals surface area contributed by atoms with E-state index in [1.54, 1.807) is 37.1 Å². The Morgan fingerprint density at radius 3 is 2.71 bits per heavy atom. The topological polar surface area (TPSA) is 20.3 Å². The Morgan fingerprint density at radius 2 is 2.12 bits per heavy atom. The predicted molar refractivity (Wildman–Crippen MR) is 65.4 cm³/mol. The number of hydrogen-bond donors (Lipinski definition) is 0. The number of hydrogen-bond acceptors (Lipinski definition) is 1. The molecule has 92 valence electrons. The molecule has 1 fully saturated rings. The van der Waals surface area contributed by atoms with Crippen molar-refractivity contribution in [1.82, 2.24) is 4.90 Å². The third kappa shape index (κ3) is 2.33. The van der Waals surface area contributed by atoms with Gasteiger partial charge in [-0.25, -0.2) is 4.39 Å². The second-order valence-corrected chi connectivity index (χ2v) is 4.93. The molecule has 0 N–H and O–H groups in total. The minimum absolute atomic E-state index is 0.181. The first-order valence-electron chi connectivity index (χ1n) is 6.04. The lowest BCUT2D eigenvalue weighted by atomic mass is 10.1. The molecule has 1 aliphatic rings. The number of benzene rings is 1. The summed E-state index contributed by atoms with van der Waals surface area (Å²) in [5.41, 5.74) is 0.698. The molecule has 1 aromatic rings. The predicted octanol–water partition coefficient (Wildman–Crippen LogP) is 3.00. The molecule has 2 rings (SSSR count). The molecule has 1 atom stereocenters. The molecule has 1 aliphatic carbocycles. The maximum atomic E-state index is 13.8. The third-order valence-electron chi connectivity index (χ3n) is 3.66. The number of aryl methyl sites for hydroxylation is 1. The SMILES string of the molecule is Cc1cccc(C(=O)N(C)C(C)C2CC2)c1F. The van der Waals surface area contributed by atoms with Gasteiger partial charge >= 0.3 is 0 Å². The molecule has 0 heterocycles. The first-order valence-corrected chi connectivity index (χ1v) is 6.04. The van der Waals surface area contributed by atoms with Gasteiger partial charge in [0.05, 0.1) is 5.56 Å². The van der Waals surface area contributed by atoms with Crippen LogP contribution in [0.2, 0.25) is 0 Å². The molecule has 0 radical (unpaired) electrons. The standard InChI is InChI=1S/C14H18FNO/c1-9-5-4-6-12(13(9)15)14(17)16(3)10(2)11-7-8-11/h4-6,10-11H,7-8H2,1-3H3. The fourth-order valence-corrected chi connectivity index (χ4v) is 2.08. The van der Waals surface area contributed by atoms with Crippen molar-refractivity contribution in [2.75, 3.05) is 7.05 Å². The molecular weight excluding hydrogens is 217 g/mol. The van der Waals surface area contributed by atoms with Gasteiger partial charge in [-0.2, -0.15) is 0 Å². The average molecular weight is 235 g/mol. The van der Waals surface area contributed by atoms with Crippen molar-refractivity contribution in [2.45, 2.75) is 32.7 Å². The van der Waals surface area contributed by atoms with Crippen LogP contribution in [0.25, 0.3) is 0 Å². The lowest BCUT2D eigenvalue weighted by Gasteiger charge is -2.25. The van der Waals surface area contributed by atoms with Crippen molar-refractivity contribution in [3.63, 3.8) is 0 Å². The third-order valence-corrected chi connectivity index (χ3v) is 3.66. The summed E-state index contributed by atoms with van der Waals surface area (Å²) in [5, 5.41) is 0. The van der Waals surface area contributed by atoms with E-state index >= 15 is 0 Å². The second-order valence-electron chi connectivity index (χ2n) is 4.93. The van der Waals surface area contributed by atoms with Crippen LogP contribution in [-0.2, 0) is 0 Å². The van der Waals surface area contributed by atoms with E-state index in [1.807, 2.05) is 6.92 Å². The Labute approximate surface area is 101 Å². The van der Waals surface area contributed by atoms with Crippen LogP contribution in [-0.4, -0.2) is 23.9 Å². The van der Waals surface area contributed by atoms with E-state index in [2.05, 4.69) is 0 Å². The fraction of sp³-hybridized carbons (Fsp3) is 0.500. The lowest BCUT2D eigenvalue weighted by Crippen LogP contribution is -2.36. The zero-order chi connectivity index (χ0) is 12.6. The Hall–Kier alpha value is -1.38. The summed E-state index contributed by atoms with van der Waals surface area (Å²) >= 11 is 0. The highest BCUT2D eigenvalue weighted by Crippen LogP contribution is 2.35. The van der Waals surface area contributed by atoms with Crippen molar-refractivity contribution < 1.29 is 9.18 Å². The summed E-state index contributed by atoms with van der Waals surface area (Å²) in [4.78, 5) is 13.8. The molecule has 0 saturated heterocycles. The molecule has 0 aliphatic heterocycles. The average Bonchev–Trinajstić information content (AvgIpc) is 3.14. The van der Waals surface area contributed by atoms with Crippen molar-refractivity contribution in [2.24, 2.45) is 5.92 Å². The highest BCUT2D eigenvalue weighted by molar-refractivity contribution is 5.94. The van der Waals surface area contributed by atoms with Crippen LogP contribution in [0, 0.1) is 18.7 Å². The van der Waals surface area contributed by atoms with Crippen molar-refractivity contribution in [1.29, 1.82) is 0 Å². The lowest BCUT2D eigenvalue weighted by molar-refractivity contribution is 0.0722. The normalized spacial score (nSPS) is 16.7. The van der Waals surface area contributed by atoms with E-state index in [-0.39, 0.29) is 17.5 Å². The van der Waals surface area contributed by atoms with E-state index in [0.717, 1.165) is 0 Å². The molecule has 2 nitrogen and oxygen atoms in total. The van der Waals surface area contributed by atoms with Gasteiger partial charge in [-0.15, -0.1) is 0 Å². The number of carbonyl (C=O) groups is 1. The van der Waals surface area contributed by atoms with Gasteiger partial charge in [0.2, 0.25) is 0 Å². The Balaban J connectivity index is 2.21. The molecule has 1 aromatic carbocycles. The van der Waals surface area contributed by atoms with Gasteiger partial charge in [-0.3, -0.25) is 4.79 Å². The molecule has 1 saturated carbocycles. The fourth-order valence-electron chi connectivity index (χ4n) is 2.08. The second kappa shape index (κ2) is 4.47. The van der Waals surface area contributed by atoms with E-state index in [4.69, 9.17) is 0 Å². The summed E-state index contributed by atoms with van der Waals surface area (Å²) in [7, 11) is 1.76. The van der Waals surface area contributed by atoms with Crippen LogP contribution in [0.4, 0.5) is 4.39 Å². The summed E-state index contributed by atoms with van der Waals surface area (Å²) in [6, 6.07) is 5.15. The van der Waals surface area contributed by atoms with Gasteiger partial charge in [-0.05, 0) is 44.2 Å². The van der Waals surface area contributed by atoms with E-state index < -0.39 is 5.82 Å². The molecular formula is C14H18FNO. The van der Waals surface area contributed by atoms with E-state index in [0.29, 0.717) is 11.5 Å². The number of nitrogens with zero attached hydrogens (tertiary/aromatic N) is 1. The Morgan fingerprint density at radius 1 is 1.47 bits per heavy atom. The van der Waals surface area contributed by atoms with Crippen LogP contribution in [0.15, 0.2) is 18.2 Å². The largest absolute Gasteiger partial charge is 0.339 e. The van der Waals surface area contributed by atoms with Gasteiger partial charge < -0.3 is 4.90 Å². The minimum Gasteiger partial charge on any atom is -0.339 e. The van der Waals surface area contributed by atoms with E-state index in [1.165, 1.54) is 12.8 Å². The van der Waals surface area contributed by atoms with Crippen LogP contribution >= 0.6 is 0 Å². The number of rotatable bonds is 3. The molecule has 1 unspecified atom stereocenters. The van der Waals surface area contributed by atoms with E-state index in [9.17, 15) is 9.18 Å². The number of halogens is 1. The van der Waals surface area contributed by atoms with Gasteiger partial charge in [0, 0.05) is 13.1 Å². The Bertz CT molecular complexity index is 440. The highest BCUT2D eigenvalue weighted by Gasteiger charge is 2.33. The molecule has 1 amide bonds. The molecule has 0 bridgehead atoms.